The molecule has 11 nitrogen and oxygen atoms in total. The summed E-state index contributed by atoms with van der Waals surface area (Å²) in [7, 11) is 2.87. The summed E-state index contributed by atoms with van der Waals surface area (Å²) in [6.07, 6.45) is 1.86. The molecule has 1 amide bonds. The number of ketones is 2. The number of nitrogens with one attached hydrogen (secondary N) is 1. The van der Waals surface area contributed by atoms with E-state index in [0.717, 1.165) is 5.70 Å². The van der Waals surface area contributed by atoms with E-state index in [9.17, 15) is 14.4 Å². The minimum absolute atomic E-state index is 0.0902. The Labute approximate surface area is 224 Å². The molecule has 38 heavy (non-hydrogen) atoms. The molecule has 1 N–H and O–H groups in total. The van der Waals surface area contributed by atoms with Crippen molar-refractivity contribution in [1.29, 1.82) is 0 Å². The first kappa shape index (κ1) is 26.0. The largest absolute Gasteiger partial charge is 0.496 e. The van der Waals surface area contributed by atoms with Crippen molar-refractivity contribution in [3.63, 3.8) is 0 Å². The van der Waals surface area contributed by atoms with Crippen molar-refractivity contribution >= 4 is 29.1 Å². The Kier molecular flexibility index (Phi) is 6.58. The van der Waals surface area contributed by atoms with Crippen LogP contribution in [0.4, 0.5) is 0 Å². The van der Waals surface area contributed by atoms with E-state index >= 15 is 0 Å². The highest BCUT2D eigenvalue weighted by atomic mass is 35.5. The minimum Gasteiger partial charge on any atom is -0.496 e. The van der Waals surface area contributed by atoms with Gasteiger partial charge in [0.2, 0.25) is 29.0 Å². The van der Waals surface area contributed by atoms with Crippen molar-refractivity contribution in [3.8, 4) is 17.2 Å². The van der Waals surface area contributed by atoms with E-state index in [-0.39, 0.29) is 52.1 Å². The average Bonchev–Trinajstić information content (AvgIpc) is 3.45. The fourth-order valence-electron chi connectivity index (χ4n) is 5.09. The van der Waals surface area contributed by atoms with Crippen LogP contribution in [0, 0.1) is 11.8 Å². The molecule has 3 aliphatic rings. The van der Waals surface area contributed by atoms with E-state index in [2.05, 4.69) is 15.5 Å². The second kappa shape index (κ2) is 9.61. The van der Waals surface area contributed by atoms with Crippen LogP contribution in [0.25, 0.3) is 0 Å². The first-order valence-corrected chi connectivity index (χ1v) is 12.8. The van der Waals surface area contributed by atoms with Crippen LogP contribution in [-0.2, 0) is 16.1 Å². The normalized spacial score (nSPS) is 22.8. The maximum atomic E-state index is 13.6. The Hall–Kier alpha value is -3.60. The average molecular weight is 545 g/mol. The van der Waals surface area contributed by atoms with Crippen molar-refractivity contribution in [2.24, 2.45) is 11.8 Å². The number of fused-ring (bicyclic) bond motifs is 1. The van der Waals surface area contributed by atoms with Crippen molar-refractivity contribution in [2.75, 3.05) is 27.3 Å². The van der Waals surface area contributed by atoms with Gasteiger partial charge in [-0.2, -0.15) is 4.98 Å². The molecule has 0 radical (unpaired) electrons. The molecule has 1 aliphatic carbocycles. The van der Waals surface area contributed by atoms with E-state index < -0.39 is 23.1 Å². The lowest BCUT2D eigenvalue weighted by atomic mass is 9.73. The van der Waals surface area contributed by atoms with Crippen LogP contribution < -0.4 is 19.5 Å². The van der Waals surface area contributed by atoms with Crippen LogP contribution in [0.5, 0.6) is 17.2 Å². The number of carbonyl (C=O) groups is 3. The minimum atomic E-state index is -1.73. The second-order valence-corrected chi connectivity index (χ2v) is 10.5. The summed E-state index contributed by atoms with van der Waals surface area (Å²) >= 11 is 6.44. The molecule has 0 bridgehead atoms. The molecule has 0 saturated carbocycles. The smallest absolute Gasteiger partial charge is 0.246 e. The third-order valence-corrected chi connectivity index (χ3v) is 7.72. The van der Waals surface area contributed by atoms with Gasteiger partial charge in [0.25, 0.3) is 0 Å². The lowest BCUT2D eigenvalue weighted by Gasteiger charge is -2.45. The van der Waals surface area contributed by atoms with Gasteiger partial charge in [-0.1, -0.05) is 37.5 Å². The molecule has 2 aromatic rings. The van der Waals surface area contributed by atoms with E-state index in [0.29, 0.717) is 31.2 Å². The van der Waals surface area contributed by atoms with Crippen LogP contribution in [-0.4, -0.2) is 65.4 Å². The fourth-order valence-corrected chi connectivity index (χ4v) is 5.35. The number of likely N-dealkylation sites (tertiary alicyclic amines) is 1. The number of hydrogen-bond donors (Lipinski definition) is 1. The number of amides is 1. The van der Waals surface area contributed by atoms with E-state index in [1.807, 2.05) is 18.7 Å². The van der Waals surface area contributed by atoms with E-state index in [1.54, 1.807) is 6.92 Å². The molecule has 12 heteroatoms. The number of hydrogen-bond acceptors (Lipinski definition) is 10. The van der Waals surface area contributed by atoms with Crippen LogP contribution in [0.1, 0.15) is 55.2 Å². The van der Waals surface area contributed by atoms with Gasteiger partial charge < -0.3 is 29.0 Å². The summed E-state index contributed by atoms with van der Waals surface area (Å²) in [6.45, 7) is 6.79. The fraction of sp³-hybridized carbons (Fsp3) is 0.500. The van der Waals surface area contributed by atoms with Crippen LogP contribution in [0.2, 0.25) is 5.02 Å². The summed E-state index contributed by atoms with van der Waals surface area (Å²) < 4.78 is 21.9. The zero-order valence-corrected chi connectivity index (χ0v) is 22.5. The van der Waals surface area contributed by atoms with Gasteiger partial charge in [0.1, 0.15) is 22.1 Å². The van der Waals surface area contributed by atoms with Gasteiger partial charge in [-0.05, 0) is 6.42 Å². The molecule has 1 fully saturated rings. The predicted octanol–water partition coefficient (Wildman–Crippen LogP) is 2.92. The summed E-state index contributed by atoms with van der Waals surface area (Å²) in [4.78, 5) is 45.9. The van der Waals surface area contributed by atoms with Crippen LogP contribution in [0.3, 0.4) is 0 Å². The number of nitrogens with zero attached hydrogens (tertiary/aromatic N) is 3. The highest BCUT2D eigenvalue weighted by Gasteiger charge is 2.60. The van der Waals surface area contributed by atoms with Gasteiger partial charge in [0.05, 0.1) is 26.7 Å². The molecule has 2 aliphatic heterocycles. The first-order valence-electron chi connectivity index (χ1n) is 12.4. The molecule has 5 rings (SSSR count). The molecule has 3 heterocycles. The van der Waals surface area contributed by atoms with Gasteiger partial charge in [-0.3, -0.25) is 14.4 Å². The standard InChI is InChI=1S/C26H29ClN4O7/c1-12(2)24-29-19(38-30-24)9-28-25(34)14-10-31(11-14)15-6-13(3)26(18(32)7-15)23(33)20-16(35-4)8-17(36-5)21(27)22(20)37-26/h7-8,12-14H,6,9-11H2,1-5H3,(H,28,34). The molecule has 1 saturated heterocycles. The maximum Gasteiger partial charge on any atom is 0.246 e. The van der Waals surface area contributed by atoms with Crippen molar-refractivity contribution in [2.45, 2.75) is 45.3 Å². The monoisotopic (exact) mass is 544 g/mol. The summed E-state index contributed by atoms with van der Waals surface area (Å²) in [6, 6.07) is 1.51. The highest BCUT2D eigenvalue weighted by Crippen LogP contribution is 2.53. The zero-order valence-electron chi connectivity index (χ0n) is 21.8. The number of aromatic nitrogens is 2. The summed E-state index contributed by atoms with van der Waals surface area (Å²) in [5.74, 6) is -0.107. The third-order valence-electron chi connectivity index (χ3n) is 7.36. The topological polar surface area (TPSA) is 133 Å². The van der Waals surface area contributed by atoms with Gasteiger partial charge in [-0.15, -0.1) is 0 Å². The second-order valence-electron chi connectivity index (χ2n) is 10.1. The van der Waals surface area contributed by atoms with E-state index in [4.69, 9.17) is 30.3 Å². The number of allylic oxidation sites excluding steroid dienone is 1. The van der Waals surface area contributed by atoms with Gasteiger partial charge in [0, 0.05) is 42.8 Å². The van der Waals surface area contributed by atoms with Gasteiger partial charge in [-0.25, -0.2) is 0 Å². The molecule has 2 atom stereocenters. The Bertz CT molecular complexity index is 1350. The first-order chi connectivity index (χ1) is 18.1. The molecule has 1 aromatic heterocycles. The van der Waals surface area contributed by atoms with Crippen molar-refractivity contribution in [3.05, 3.63) is 40.1 Å². The molecule has 2 unspecified atom stereocenters. The van der Waals surface area contributed by atoms with Crippen LogP contribution >= 0.6 is 11.6 Å². The summed E-state index contributed by atoms with van der Waals surface area (Å²) in [5, 5.41) is 6.83. The molecule has 202 valence electrons. The predicted molar refractivity (Wildman–Crippen MR) is 134 cm³/mol. The summed E-state index contributed by atoms with van der Waals surface area (Å²) in [5.41, 5.74) is -0.827. The number of methoxy groups -OCH3 is 2. The lowest BCUT2D eigenvalue weighted by Crippen LogP contribution is -2.58. The van der Waals surface area contributed by atoms with Gasteiger partial charge in [0.15, 0.2) is 11.6 Å². The Morgan fingerprint density at radius 3 is 2.58 bits per heavy atom. The SMILES string of the molecule is COc1cc(OC)c2c(c1Cl)OC1(C(=O)C=C(N3CC(C(=O)NCc4nc(C(C)C)no4)C3)CC1C)C2=O. The number of carbonyl (C=O) groups excluding carboxylic acids is 3. The molecular weight excluding hydrogens is 516 g/mol. The number of rotatable bonds is 7. The Morgan fingerprint density at radius 2 is 1.97 bits per heavy atom. The Morgan fingerprint density at radius 1 is 1.26 bits per heavy atom. The zero-order chi connectivity index (χ0) is 27.4. The Balaban J connectivity index is 1.26. The molecule has 1 spiro atoms. The number of Topliss-reactive ketones (excluding diaryl/α,β-unsaturated/α-hetero) is 1. The van der Waals surface area contributed by atoms with Crippen molar-refractivity contribution in [1.82, 2.24) is 20.4 Å². The quantitative estimate of drug-likeness (QED) is 0.518. The maximum absolute atomic E-state index is 13.6. The molecule has 1 aromatic carbocycles. The molecular formula is C26H29ClN4O7. The van der Waals surface area contributed by atoms with Crippen molar-refractivity contribution < 1.29 is 33.1 Å². The van der Waals surface area contributed by atoms with Crippen LogP contribution in [0.15, 0.2) is 22.4 Å². The number of ether oxygens (including phenoxy) is 3. The van der Waals surface area contributed by atoms with E-state index in [1.165, 1.54) is 26.4 Å². The van der Waals surface area contributed by atoms with Gasteiger partial charge >= 0.3 is 0 Å². The number of benzene rings is 1. The lowest BCUT2D eigenvalue weighted by molar-refractivity contribution is -0.131. The highest BCUT2D eigenvalue weighted by molar-refractivity contribution is 6.36. The third kappa shape index (κ3) is 4.00. The number of halogens is 1.